The smallest absolute Gasteiger partial charge is 0.180 e. The molecule has 0 atom stereocenters. The van der Waals surface area contributed by atoms with Gasteiger partial charge in [-0.2, -0.15) is 4.73 Å². The van der Waals surface area contributed by atoms with E-state index < -0.39 is 0 Å². The first-order valence-electron chi connectivity index (χ1n) is 3.65. The zero-order valence-electron chi connectivity index (χ0n) is 6.58. The SMILES string of the molecule is CNCCc1cc[n+]([O-])cc1. The summed E-state index contributed by atoms with van der Waals surface area (Å²) >= 11 is 0. The second-order valence-electron chi connectivity index (χ2n) is 2.42. The second kappa shape index (κ2) is 3.93. The summed E-state index contributed by atoms with van der Waals surface area (Å²) < 4.78 is 0.795. The summed E-state index contributed by atoms with van der Waals surface area (Å²) in [5.74, 6) is 0. The van der Waals surface area contributed by atoms with E-state index in [1.165, 1.54) is 18.0 Å². The molecule has 1 aromatic rings. The molecule has 0 aliphatic heterocycles. The van der Waals surface area contributed by atoms with Crippen LogP contribution in [0.2, 0.25) is 0 Å². The van der Waals surface area contributed by atoms with E-state index in [-0.39, 0.29) is 0 Å². The highest BCUT2D eigenvalue weighted by Gasteiger charge is 1.92. The number of hydrogen-bond donors (Lipinski definition) is 1. The third-order valence-corrected chi connectivity index (χ3v) is 1.53. The zero-order chi connectivity index (χ0) is 8.10. The van der Waals surface area contributed by atoms with Crippen LogP contribution in [0.4, 0.5) is 0 Å². The van der Waals surface area contributed by atoms with Gasteiger partial charge < -0.3 is 10.5 Å². The van der Waals surface area contributed by atoms with Crippen LogP contribution in [0.15, 0.2) is 24.5 Å². The number of nitrogens with one attached hydrogen (secondary N) is 1. The molecule has 0 aliphatic rings. The summed E-state index contributed by atoms with van der Waals surface area (Å²) in [6.45, 7) is 0.947. The normalized spacial score (nSPS) is 9.91. The van der Waals surface area contributed by atoms with Gasteiger partial charge in [-0.15, -0.1) is 0 Å². The summed E-state index contributed by atoms with van der Waals surface area (Å²) in [5, 5.41) is 13.6. The first kappa shape index (κ1) is 8.01. The fourth-order valence-corrected chi connectivity index (χ4v) is 0.880. The second-order valence-corrected chi connectivity index (χ2v) is 2.42. The minimum absolute atomic E-state index is 0.795. The molecule has 0 saturated heterocycles. The summed E-state index contributed by atoms with van der Waals surface area (Å²) in [7, 11) is 1.91. The monoisotopic (exact) mass is 152 g/mol. The van der Waals surface area contributed by atoms with Gasteiger partial charge in [0.25, 0.3) is 0 Å². The molecule has 1 N–H and O–H groups in total. The van der Waals surface area contributed by atoms with Crippen molar-refractivity contribution in [2.45, 2.75) is 6.42 Å². The lowest BCUT2D eigenvalue weighted by Gasteiger charge is -1.99. The maximum absolute atomic E-state index is 10.6. The highest BCUT2D eigenvalue weighted by Crippen LogP contribution is 1.94. The van der Waals surface area contributed by atoms with Gasteiger partial charge in [-0.3, -0.25) is 0 Å². The van der Waals surface area contributed by atoms with Gasteiger partial charge >= 0.3 is 0 Å². The first-order valence-corrected chi connectivity index (χ1v) is 3.65. The lowest BCUT2D eigenvalue weighted by Crippen LogP contribution is -2.24. The molecule has 0 aromatic carbocycles. The molecule has 3 heteroatoms. The molecule has 0 radical (unpaired) electrons. The molecule has 0 amide bonds. The van der Waals surface area contributed by atoms with Crippen molar-refractivity contribution in [2.75, 3.05) is 13.6 Å². The standard InChI is InChI=1S/C8H12N2O/c1-9-5-2-8-3-6-10(11)7-4-8/h3-4,6-7,9H,2,5H2,1H3. The molecule has 1 rings (SSSR count). The number of hydrogen-bond acceptors (Lipinski definition) is 2. The summed E-state index contributed by atoms with van der Waals surface area (Å²) in [4.78, 5) is 0. The van der Waals surface area contributed by atoms with Gasteiger partial charge in [-0.05, 0) is 25.6 Å². The van der Waals surface area contributed by atoms with Crippen molar-refractivity contribution in [3.05, 3.63) is 35.3 Å². The molecule has 0 aliphatic carbocycles. The Hall–Kier alpha value is -1.09. The van der Waals surface area contributed by atoms with Crippen LogP contribution in [0.25, 0.3) is 0 Å². The molecular formula is C8H12N2O. The van der Waals surface area contributed by atoms with E-state index in [4.69, 9.17) is 0 Å². The Morgan fingerprint density at radius 3 is 2.64 bits per heavy atom. The lowest BCUT2D eigenvalue weighted by molar-refractivity contribution is -0.605. The average Bonchev–Trinajstić information content (AvgIpc) is 2.04. The third kappa shape index (κ3) is 2.55. The van der Waals surface area contributed by atoms with E-state index in [1.807, 2.05) is 19.2 Å². The minimum atomic E-state index is 0.795. The highest BCUT2D eigenvalue weighted by atomic mass is 16.5. The van der Waals surface area contributed by atoms with Gasteiger partial charge in [-0.1, -0.05) is 0 Å². The number of aromatic nitrogens is 1. The van der Waals surface area contributed by atoms with Gasteiger partial charge in [0.15, 0.2) is 12.4 Å². The Bertz CT molecular complexity index is 208. The van der Waals surface area contributed by atoms with Crippen LogP contribution in [0.1, 0.15) is 5.56 Å². The van der Waals surface area contributed by atoms with Gasteiger partial charge in [0.2, 0.25) is 0 Å². The minimum Gasteiger partial charge on any atom is -0.619 e. The van der Waals surface area contributed by atoms with Crippen molar-refractivity contribution in [3.8, 4) is 0 Å². The van der Waals surface area contributed by atoms with E-state index in [0.717, 1.165) is 17.7 Å². The molecular weight excluding hydrogens is 140 g/mol. The number of pyridine rings is 1. The Morgan fingerprint density at radius 1 is 1.45 bits per heavy atom. The maximum Gasteiger partial charge on any atom is 0.180 e. The Morgan fingerprint density at radius 2 is 2.09 bits per heavy atom. The zero-order valence-corrected chi connectivity index (χ0v) is 6.58. The third-order valence-electron chi connectivity index (χ3n) is 1.53. The molecule has 3 nitrogen and oxygen atoms in total. The van der Waals surface area contributed by atoms with Gasteiger partial charge in [0.1, 0.15) is 0 Å². The average molecular weight is 152 g/mol. The Labute approximate surface area is 66.3 Å². The van der Waals surface area contributed by atoms with Crippen LogP contribution in [-0.2, 0) is 6.42 Å². The van der Waals surface area contributed by atoms with Crippen molar-refractivity contribution in [1.29, 1.82) is 0 Å². The van der Waals surface area contributed by atoms with Crippen molar-refractivity contribution in [3.63, 3.8) is 0 Å². The molecule has 0 unspecified atom stereocenters. The largest absolute Gasteiger partial charge is 0.619 e. The summed E-state index contributed by atoms with van der Waals surface area (Å²) in [6, 6.07) is 3.68. The molecule has 0 fully saturated rings. The topological polar surface area (TPSA) is 39.0 Å². The van der Waals surface area contributed by atoms with Crippen LogP contribution < -0.4 is 10.0 Å². The molecule has 1 heterocycles. The summed E-state index contributed by atoms with van der Waals surface area (Å²) in [5.41, 5.74) is 1.19. The van der Waals surface area contributed by atoms with Crippen molar-refractivity contribution >= 4 is 0 Å². The van der Waals surface area contributed by atoms with Gasteiger partial charge in [0.05, 0.1) is 0 Å². The van der Waals surface area contributed by atoms with E-state index in [2.05, 4.69) is 5.32 Å². The number of rotatable bonds is 3. The van der Waals surface area contributed by atoms with E-state index in [9.17, 15) is 5.21 Å². The molecule has 11 heavy (non-hydrogen) atoms. The lowest BCUT2D eigenvalue weighted by atomic mass is 10.2. The quantitative estimate of drug-likeness (QED) is 0.492. The molecule has 0 bridgehead atoms. The molecule has 0 saturated carbocycles. The Kier molecular flexibility index (Phi) is 2.86. The molecule has 1 aromatic heterocycles. The summed E-state index contributed by atoms with van der Waals surface area (Å²) in [6.07, 6.45) is 4.01. The Balaban J connectivity index is 2.52. The van der Waals surface area contributed by atoms with Crippen molar-refractivity contribution < 1.29 is 4.73 Å². The first-order chi connectivity index (χ1) is 5.33. The van der Waals surface area contributed by atoms with Gasteiger partial charge in [0, 0.05) is 12.1 Å². The van der Waals surface area contributed by atoms with Crippen LogP contribution in [0.3, 0.4) is 0 Å². The predicted octanol–water partition coefficient (Wildman–Crippen LogP) is 0.0819. The van der Waals surface area contributed by atoms with E-state index >= 15 is 0 Å². The highest BCUT2D eigenvalue weighted by molar-refractivity contribution is 5.07. The number of nitrogens with zero attached hydrogens (tertiary/aromatic N) is 1. The van der Waals surface area contributed by atoms with Crippen LogP contribution >= 0.6 is 0 Å². The molecule has 60 valence electrons. The van der Waals surface area contributed by atoms with Crippen LogP contribution in [-0.4, -0.2) is 13.6 Å². The van der Waals surface area contributed by atoms with Gasteiger partial charge in [-0.25, -0.2) is 0 Å². The van der Waals surface area contributed by atoms with E-state index in [0.29, 0.717) is 0 Å². The number of likely N-dealkylation sites (N-methyl/N-ethyl adjacent to an activating group) is 1. The molecule has 0 spiro atoms. The maximum atomic E-state index is 10.6. The van der Waals surface area contributed by atoms with Crippen LogP contribution in [0.5, 0.6) is 0 Å². The fourth-order valence-electron chi connectivity index (χ4n) is 0.880. The fraction of sp³-hybridized carbons (Fsp3) is 0.375. The predicted molar refractivity (Wildman–Crippen MR) is 43.0 cm³/mol. The van der Waals surface area contributed by atoms with Crippen molar-refractivity contribution in [2.24, 2.45) is 0 Å². The van der Waals surface area contributed by atoms with Crippen molar-refractivity contribution in [1.82, 2.24) is 5.32 Å². The van der Waals surface area contributed by atoms with Crippen LogP contribution in [0, 0.1) is 5.21 Å². The van der Waals surface area contributed by atoms with E-state index in [1.54, 1.807) is 0 Å².